The van der Waals surface area contributed by atoms with Gasteiger partial charge in [-0.3, -0.25) is 4.68 Å². The summed E-state index contributed by atoms with van der Waals surface area (Å²) in [6.07, 6.45) is 3.13. The Labute approximate surface area is 164 Å². The smallest absolute Gasteiger partial charge is 0.404 e. The van der Waals surface area contributed by atoms with Crippen LogP contribution in [-0.2, 0) is 23.0 Å². The van der Waals surface area contributed by atoms with Gasteiger partial charge in [-0.15, -0.1) is 0 Å². The van der Waals surface area contributed by atoms with E-state index in [1.165, 1.54) is 23.0 Å². The Morgan fingerprint density at radius 2 is 2.07 bits per heavy atom. The van der Waals surface area contributed by atoms with Crippen molar-refractivity contribution < 1.29 is 27.1 Å². The van der Waals surface area contributed by atoms with Crippen molar-refractivity contribution >= 4 is 16.1 Å². The van der Waals surface area contributed by atoms with Crippen molar-refractivity contribution in [3.63, 3.8) is 0 Å². The number of hydrogen-bond donors (Lipinski definition) is 2. The van der Waals surface area contributed by atoms with E-state index in [0.717, 1.165) is 18.6 Å². The Bertz CT molecular complexity index is 1160. The highest BCUT2D eigenvalue weighted by molar-refractivity contribution is 7.90. The summed E-state index contributed by atoms with van der Waals surface area (Å²) in [5, 5.41) is 14.7. The predicted molar refractivity (Wildman–Crippen MR) is 97.8 cm³/mol. The van der Waals surface area contributed by atoms with E-state index >= 15 is 4.39 Å². The summed E-state index contributed by atoms with van der Waals surface area (Å²) >= 11 is 0. The second-order valence-corrected chi connectivity index (χ2v) is 7.79. The van der Waals surface area contributed by atoms with Crippen LogP contribution in [0.25, 0.3) is 11.3 Å². The highest BCUT2D eigenvalue weighted by Crippen LogP contribution is 2.31. The largest absolute Gasteiger partial charge is 0.465 e. The fourth-order valence-electron chi connectivity index (χ4n) is 2.74. The van der Waals surface area contributed by atoms with Gasteiger partial charge in [0.05, 0.1) is 11.8 Å². The van der Waals surface area contributed by atoms with E-state index in [4.69, 9.17) is 5.11 Å². The number of aryl methyl sites for hydroxylation is 1. The number of rotatable bonds is 7. The molecule has 0 fully saturated rings. The maximum Gasteiger partial charge on any atom is 0.404 e. The molecule has 0 atom stereocenters. The Morgan fingerprint density at radius 1 is 1.31 bits per heavy atom. The molecule has 0 saturated carbocycles. The fraction of sp³-hybridized carbons (Fsp3) is 0.235. The molecule has 0 unspecified atom stereocenters. The van der Waals surface area contributed by atoms with Crippen LogP contribution in [0.1, 0.15) is 12.5 Å². The summed E-state index contributed by atoms with van der Waals surface area (Å²) in [5.41, 5.74) is -0.956. The minimum Gasteiger partial charge on any atom is -0.465 e. The number of hydrogen-bond acceptors (Lipinski definition) is 5. The molecular weight excluding hydrogens is 408 g/mol. The molecule has 3 heterocycles. The van der Waals surface area contributed by atoms with Gasteiger partial charge in [0.25, 0.3) is 10.0 Å². The number of carbonyl (C=O) groups is 1. The van der Waals surface area contributed by atoms with Crippen molar-refractivity contribution in [3.05, 3.63) is 54.2 Å². The zero-order valence-electron chi connectivity index (χ0n) is 15.2. The number of pyridine rings is 1. The topological polar surface area (TPSA) is 119 Å². The third-order valence-electron chi connectivity index (χ3n) is 4.16. The second kappa shape index (κ2) is 7.99. The second-order valence-electron chi connectivity index (χ2n) is 5.97. The highest BCUT2D eigenvalue weighted by atomic mass is 32.2. The summed E-state index contributed by atoms with van der Waals surface area (Å²) in [6, 6.07) is 2.56. The molecule has 3 aromatic rings. The zero-order valence-corrected chi connectivity index (χ0v) is 16.0. The number of nitrogens with zero attached hydrogens (tertiary/aromatic N) is 4. The molecule has 154 valence electrons. The average Bonchev–Trinajstić information content (AvgIpc) is 3.28. The molecular formula is C17H17F2N5O4S. The molecule has 0 spiro atoms. The van der Waals surface area contributed by atoms with Gasteiger partial charge in [0.1, 0.15) is 10.6 Å². The maximum atomic E-state index is 15.1. The van der Waals surface area contributed by atoms with E-state index in [-0.39, 0.29) is 29.0 Å². The lowest BCUT2D eigenvalue weighted by Crippen LogP contribution is -2.23. The first-order valence-corrected chi connectivity index (χ1v) is 9.95. The van der Waals surface area contributed by atoms with Gasteiger partial charge in [-0.2, -0.15) is 9.49 Å². The monoisotopic (exact) mass is 425 g/mol. The minimum absolute atomic E-state index is 0.0940. The fourth-order valence-corrected chi connectivity index (χ4v) is 4.09. The Hall–Kier alpha value is -3.28. The van der Waals surface area contributed by atoms with Crippen LogP contribution in [0.4, 0.5) is 13.6 Å². The number of carboxylic acid groups (broad SMARTS) is 1. The van der Waals surface area contributed by atoms with Crippen molar-refractivity contribution in [3.8, 4) is 11.3 Å². The van der Waals surface area contributed by atoms with Crippen LogP contribution in [0, 0.1) is 11.8 Å². The van der Waals surface area contributed by atoms with Gasteiger partial charge in [-0.1, -0.05) is 0 Å². The van der Waals surface area contributed by atoms with Gasteiger partial charge < -0.3 is 10.4 Å². The van der Waals surface area contributed by atoms with Crippen LogP contribution in [0.2, 0.25) is 0 Å². The molecule has 0 saturated heterocycles. The quantitative estimate of drug-likeness (QED) is 0.560. The summed E-state index contributed by atoms with van der Waals surface area (Å²) in [7, 11) is -4.30. The molecule has 0 aliphatic carbocycles. The molecule has 12 heteroatoms. The molecule has 29 heavy (non-hydrogen) atoms. The van der Waals surface area contributed by atoms with Gasteiger partial charge in [-0.05, 0) is 25.5 Å². The number of aromatic nitrogens is 4. The molecule has 3 aromatic heterocycles. The van der Waals surface area contributed by atoms with Crippen molar-refractivity contribution in [2.45, 2.75) is 24.8 Å². The molecule has 0 radical (unpaired) electrons. The predicted octanol–water partition coefficient (Wildman–Crippen LogP) is 2.09. The van der Waals surface area contributed by atoms with Gasteiger partial charge in [0, 0.05) is 37.2 Å². The van der Waals surface area contributed by atoms with Crippen molar-refractivity contribution in [2.24, 2.45) is 0 Å². The maximum absolute atomic E-state index is 15.1. The lowest BCUT2D eigenvalue weighted by molar-refractivity contribution is 0.194. The Morgan fingerprint density at radius 3 is 2.69 bits per heavy atom. The third-order valence-corrected chi connectivity index (χ3v) is 5.77. The van der Waals surface area contributed by atoms with E-state index in [2.05, 4.69) is 15.4 Å². The Kier molecular flexibility index (Phi) is 5.64. The summed E-state index contributed by atoms with van der Waals surface area (Å²) in [4.78, 5) is 13.9. The van der Waals surface area contributed by atoms with Crippen LogP contribution < -0.4 is 5.32 Å². The number of amides is 1. The normalized spacial score (nSPS) is 11.6. The van der Waals surface area contributed by atoms with Gasteiger partial charge in [-0.25, -0.2) is 26.6 Å². The highest BCUT2D eigenvalue weighted by Gasteiger charge is 2.29. The van der Waals surface area contributed by atoms with Gasteiger partial charge in [0.2, 0.25) is 5.95 Å². The average molecular weight is 425 g/mol. The van der Waals surface area contributed by atoms with E-state index in [1.54, 1.807) is 6.92 Å². The van der Waals surface area contributed by atoms with E-state index in [0.29, 0.717) is 10.5 Å². The molecule has 0 aromatic carbocycles. The van der Waals surface area contributed by atoms with Crippen molar-refractivity contribution in [2.75, 3.05) is 6.54 Å². The molecule has 2 N–H and O–H groups in total. The summed E-state index contributed by atoms with van der Waals surface area (Å²) < 4.78 is 57.6. The molecule has 0 aliphatic rings. The molecule has 1 amide bonds. The van der Waals surface area contributed by atoms with Crippen LogP contribution in [0.3, 0.4) is 0 Å². The van der Waals surface area contributed by atoms with E-state index in [9.17, 15) is 17.6 Å². The molecule has 0 bridgehead atoms. The van der Waals surface area contributed by atoms with Crippen LogP contribution in [0.15, 0.2) is 41.8 Å². The first-order valence-electron chi connectivity index (χ1n) is 8.51. The number of nitrogens with one attached hydrogen (secondary N) is 1. The van der Waals surface area contributed by atoms with Crippen LogP contribution >= 0.6 is 0 Å². The van der Waals surface area contributed by atoms with Crippen molar-refractivity contribution in [1.29, 1.82) is 0 Å². The van der Waals surface area contributed by atoms with Crippen LogP contribution in [-0.4, -0.2) is 44.9 Å². The first kappa shape index (κ1) is 20.5. The van der Waals surface area contributed by atoms with Gasteiger partial charge in [0.15, 0.2) is 5.82 Å². The zero-order chi connectivity index (χ0) is 21.2. The molecule has 0 aliphatic heterocycles. The third kappa shape index (κ3) is 3.97. The van der Waals surface area contributed by atoms with Gasteiger partial charge >= 0.3 is 6.09 Å². The lowest BCUT2D eigenvalue weighted by Gasteiger charge is -2.09. The number of halogens is 2. The Balaban J connectivity index is 2.16. The SMILES string of the molecule is CCn1cc(S(=O)(=O)n2cc(CCNC(=O)O)c(F)c2-c2cccnc2F)cn1. The standard InChI is InChI=1S/C17H17F2N5O4S/c1-2-23-10-12(8-22-23)29(27,28)24-9-11(5-7-21-17(25)26)14(18)15(24)13-4-3-6-20-16(13)19/h3-4,6,8-10,21H,2,5,7H2,1H3,(H,25,26). The minimum atomic E-state index is -4.30. The summed E-state index contributed by atoms with van der Waals surface area (Å²) in [5.74, 6) is -2.02. The molecule has 9 nitrogen and oxygen atoms in total. The molecule has 3 rings (SSSR count). The first-order chi connectivity index (χ1) is 13.8. The van der Waals surface area contributed by atoms with E-state index in [1.807, 2.05) is 0 Å². The lowest BCUT2D eigenvalue weighted by atomic mass is 10.1. The van der Waals surface area contributed by atoms with Crippen molar-refractivity contribution in [1.82, 2.24) is 24.1 Å². The van der Waals surface area contributed by atoms with Crippen LogP contribution in [0.5, 0.6) is 0 Å². The summed E-state index contributed by atoms with van der Waals surface area (Å²) in [6.45, 7) is 2.04. The van der Waals surface area contributed by atoms with E-state index < -0.39 is 33.6 Å².